The topological polar surface area (TPSA) is 83.4 Å². The lowest BCUT2D eigenvalue weighted by Crippen LogP contribution is -2.37. The van der Waals surface area contributed by atoms with Crippen LogP contribution < -0.4 is 10.5 Å². The number of fused-ring (bicyclic) bond motifs is 1. The van der Waals surface area contributed by atoms with Gasteiger partial charge in [0.2, 0.25) is 5.89 Å². The Morgan fingerprint density at radius 3 is 3.05 bits per heavy atom. The lowest BCUT2D eigenvalue weighted by atomic mass is 9.96. The van der Waals surface area contributed by atoms with E-state index in [9.17, 15) is 0 Å². The molecule has 3 heterocycles. The van der Waals surface area contributed by atoms with Crippen LogP contribution in [0.25, 0.3) is 0 Å². The Bertz CT molecular complexity index is 649. The Kier molecular flexibility index (Phi) is 2.94. The van der Waals surface area contributed by atoms with E-state index in [-0.39, 0.29) is 5.92 Å². The van der Waals surface area contributed by atoms with Gasteiger partial charge in [-0.3, -0.25) is 0 Å². The molecule has 1 aromatic carbocycles. The molecule has 2 N–H and O–H groups in total. The number of nitrogens with zero attached hydrogens (tertiary/aromatic N) is 2. The van der Waals surface area contributed by atoms with Gasteiger partial charge in [-0.25, -0.2) is 0 Å². The summed E-state index contributed by atoms with van der Waals surface area (Å²) in [6.45, 7) is 1.62. The molecule has 1 aromatic heterocycles. The Morgan fingerprint density at radius 2 is 2.19 bits per heavy atom. The van der Waals surface area contributed by atoms with E-state index < -0.39 is 5.54 Å². The van der Waals surface area contributed by atoms with Gasteiger partial charge in [0.1, 0.15) is 11.3 Å². The predicted octanol–water partition coefficient (Wildman–Crippen LogP) is 1.36. The molecule has 0 saturated carbocycles. The summed E-state index contributed by atoms with van der Waals surface area (Å²) in [5.74, 6) is 2.17. The number of rotatable bonds is 2. The Balaban J connectivity index is 1.57. The molecule has 2 aromatic rings. The second kappa shape index (κ2) is 4.82. The minimum absolute atomic E-state index is 0.100. The molecule has 1 fully saturated rings. The Hall–Kier alpha value is -1.92. The van der Waals surface area contributed by atoms with Crippen molar-refractivity contribution >= 4 is 0 Å². The van der Waals surface area contributed by atoms with Crippen LogP contribution in [-0.2, 0) is 16.7 Å². The minimum atomic E-state index is -0.640. The van der Waals surface area contributed by atoms with Crippen molar-refractivity contribution < 1.29 is 14.0 Å². The maximum atomic E-state index is 6.25. The van der Waals surface area contributed by atoms with Crippen molar-refractivity contribution in [2.75, 3.05) is 19.8 Å². The summed E-state index contributed by atoms with van der Waals surface area (Å²) < 4.78 is 16.5. The lowest BCUT2D eigenvalue weighted by molar-refractivity contribution is 0.166. The molecule has 2 atom stereocenters. The van der Waals surface area contributed by atoms with Crippen molar-refractivity contribution in [3.8, 4) is 5.75 Å². The summed E-state index contributed by atoms with van der Waals surface area (Å²) in [5.41, 5.74) is 6.78. The molecule has 2 aliphatic rings. The summed E-state index contributed by atoms with van der Waals surface area (Å²) in [5, 5.41) is 4.10. The molecule has 0 bridgehead atoms. The fourth-order valence-corrected chi connectivity index (χ4v) is 2.85. The van der Waals surface area contributed by atoms with Crippen LogP contribution in [0.2, 0.25) is 0 Å². The molecule has 0 amide bonds. The molecule has 6 heteroatoms. The number of hydrogen-bond donors (Lipinski definition) is 1. The third kappa shape index (κ3) is 2.20. The largest absolute Gasteiger partial charge is 0.493 e. The predicted molar refractivity (Wildman–Crippen MR) is 74.0 cm³/mol. The normalized spacial score (nSPS) is 28.1. The van der Waals surface area contributed by atoms with Crippen molar-refractivity contribution in [3.05, 3.63) is 41.5 Å². The van der Waals surface area contributed by atoms with Crippen molar-refractivity contribution in [2.45, 2.75) is 24.3 Å². The molecule has 1 saturated heterocycles. The van der Waals surface area contributed by atoms with Crippen LogP contribution >= 0.6 is 0 Å². The monoisotopic (exact) mass is 287 g/mol. The van der Waals surface area contributed by atoms with E-state index >= 15 is 0 Å². The second-order valence-electron chi connectivity index (χ2n) is 5.74. The maximum Gasteiger partial charge on any atom is 0.249 e. The van der Waals surface area contributed by atoms with E-state index in [1.807, 2.05) is 18.2 Å². The van der Waals surface area contributed by atoms with Gasteiger partial charge in [-0.15, -0.1) is 0 Å². The fourth-order valence-electron chi connectivity index (χ4n) is 2.85. The van der Waals surface area contributed by atoms with Crippen LogP contribution in [0.1, 0.15) is 29.6 Å². The SMILES string of the molecule is NC1(c2nc(C3COc4ccccc4C3)no2)CCOC1. The zero-order chi connectivity index (χ0) is 14.3. The number of aromatic nitrogens is 2. The number of para-hydroxylation sites is 1. The third-order valence-corrected chi connectivity index (χ3v) is 4.16. The molecule has 0 aliphatic carbocycles. The number of nitrogens with two attached hydrogens (primary N) is 1. The number of hydrogen-bond acceptors (Lipinski definition) is 6. The van der Waals surface area contributed by atoms with Crippen LogP contribution in [0.4, 0.5) is 0 Å². The van der Waals surface area contributed by atoms with E-state index in [4.69, 9.17) is 19.7 Å². The first-order chi connectivity index (χ1) is 10.2. The summed E-state index contributed by atoms with van der Waals surface area (Å²) in [6.07, 6.45) is 1.56. The lowest BCUT2D eigenvalue weighted by Gasteiger charge is -2.22. The first kappa shape index (κ1) is 12.8. The molecule has 0 spiro atoms. The fraction of sp³-hybridized carbons (Fsp3) is 0.467. The highest BCUT2D eigenvalue weighted by atomic mass is 16.5. The highest BCUT2D eigenvalue weighted by molar-refractivity contribution is 5.36. The van der Waals surface area contributed by atoms with E-state index in [1.165, 1.54) is 5.56 Å². The molecule has 4 rings (SSSR count). The smallest absolute Gasteiger partial charge is 0.249 e. The van der Waals surface area contributed by atoms with Gasteiger partial charge in [-0.1, -0.05) is 23.4 Å². The average Bonchev–Trinajstić information content (AvgIpc) is 3.17. The number of ether oxygens (including phenoxy) is 2. The van der Waals surface area contributed by atoms with Crippen molar-refractivity contribution in [3.63, 3.8) is 0 Å². The zero-order valence-corrected chi connectivity index (χ0v) is 11.6. The zero-order valence-electron chi connectivity index (χ0n) is 11.6. The van der Waals surface area contributed by atoms with Crippen LogP contribution in [0.3, 0.4) is 0 Å². The van der Waals surface area contributed by atoms with E-state index in [2.05, 4.69) is 16.2 Å². The van der Waals surface area contributed by atoms with Crippen molar-refractivity contribution in [2.24, 2.45) is 5.73 Å². The van der Waals surface area contributed by atoms with Gasteiger partial charge in [0.25, 0.3) is 0 Å². The molecule has 2 aliphatic heterocycles. The minimum Gasteiger partial charge on any atom is -0.493 e. The standard InChI is InChI=1S/C15H17N3O3/c16-15(5-6-19-9-15)14-17-13(18-21-14)11-7-10-3-1-2-4-12(10)20-8-11/h1-4,11H,5-9,16H2. The maximum absolute atomic E-state index is 6.25. The summed E-state index contributed by atoms with van der Waals surface area (Å²) in [6, 6.07) is 8.04. The highest BCUT2D eigenvalue weighted by Gasteiger charge is 2.39. The number of benzene rings is 1. The van der Waals surface area contributed by atoms with Crippen molar-refractivity contribution in [1.29, 1.82) is 0 Å². The molecule has 6 nitrogen and oxygen atoms in total. The van der Waals surface area contributed by atoms with E-state index in [0.29, 0.717) is 38.0 Å². The Morgan fingerprint density at radius 1 is 1.29 bits per heavy atom. The molecular formula is C15H17N3O3. The summed E-state index contributed by atoms with van der Waals surface area (Å²) in [4.78, 5) is 4.50. The Labute approximate surface area is 122 Å². The van der Waals surface area contributed by atoms with Gasteiger partial charge in [-0.2, -0.15) is 4.98 Å². The third-order valence-electron chi connectivity index (χ3n) is 4.16. The first-order valence-corrected chi connectivity index (χ1v) is 7.16. The van der Waals surface area contributed by atoms with Crippen LogP contribution in [0.5, 0.6) is 5.75 Å². The van der Waals surface area contributed by atoms with Crippen LogP contribution in [-0.4, -0.2) is 30.0 Å². The molecular weight excluding hydrogens is 270 g/mol. The molecule has 21 heavy (non-hydrogen) atoms. The quantitative estimate of drug-likeness (QED) is 0.898. The molecule has 0 radical (unpaired) electrons. The first-order valence-electron chi connectivity index (χ1n) is 7.16. The van der Waals surface area contributed by atoms with E-state index in [0.717, 1.165) is 12.2 Å². The average molecular weight is 287 g/mol. The summed E-state index contributed by atoms with van der Waals surface area (Å²) in [7, 11) is 0. The molecule has 2 unspecified atom stereocenters. The van der Waals surface area contributed by atoms with Gasteiger partial charge in [0.15, 0.2) is 5.82 Å². The molecule has 110 valence electrons. The van der Waals surface area contributed by atoms with Gasteiger partial charge in [0, 0.05) is 6.61 Å². The van der Waals surface area contributed by atoms with Gasteiger partial charge >= 0.3 is 0 Å². The van der Waals surface area contributed by atoms with Crippen LogP contribution in [0, 0.1) is 0 Å². The second-order valence-corrected chi connectivity index (χ2v) is 5.74. The van der Waals surface area contributed by atoms with Gasteiger partial charge < -0.3 is 19.7 Å². The highest BCUT2D eigenvalue weighted by Crippen LogP contribution is 2.32. The summed E-state index contributed by atoms with van der Waals surface area (Å²) >= 11 is 0. The van der Waals surface area contributed by atoms with E-state index in [1.54, 1.807) is 0 Å². The van der Waals surface area contributed by atoms with Crippen LogP contribution in [0.15, 0.2) is 28.8 Å². The van der Waals surface area contributed by atoms with Gasteiger partial charge in [-0.05, 0) is 24.5 Å². The van der Waals surface area contributed by atoms with Crippen molar-refractivity contribution in [1.82, 2.24) is 10.1 Å². The van der Waals surface area contributed by atoms with Gasteiger partial charge in [0.05, 0.1) is 19.1 Å².